The first-order valence-electron chi connectivity index (χ1n) is 12.5. The molecule has 11 atom stereocenters. The summed E-state index contributed by atoms with van der Waals surface area (Å²) < 4.78 is 12.0. The van der Waals surface area contributed by atoms with E-state index in [4.69, 9.17) is 9.47 Å². The van der Waals surface area contributed by atoms with Gasteiger partial charge in [-0.05, 0) is 43.7 Å². The lowest BCUT2D eigenvalue weighted by molar-refractivity contribution is -0.396. The number of aliphatic hydroxyl groups is 7. The highest BCUT2D eigenvalue weighted by Gasteiger charge is 3.11. The molecule has 6 fully saturated rings. The van der Waals surface area contributed by atoms with Gasteiger partial charge in [0.15, 0.2) is 17.5 Å². The van der Waals surface area contributed by atoms with Gasteiger partial charge in [-0.3, -0.25) is 0 Å². The molecule has 0 radical (unpaired) electrons. The topological polar surface area (TPSA) is 193 Å². The number of hydrogen-bond acceptors (Lipinski definition) is 10. The van der Waals surface area contributed by atoms with Crippen LogP contribution < -0.4 is 0 Å². The number of ether oxygens (including phenoxy) is 2. The van der Waals surface area contributed by atoms with E-state index in [9.17, 15) is 40.5 Å². The lowest BCUT2D eigenvalue weighted by atomic mass is 9.52. The maximum Gasteiger partial charge on any atom is 0.355 e. The van der Waals surface area contributed by atoms with Gasteiger partial charge in [0.1, 0.15) is 28.1 Å². The Morgan fingerprint density at radius 2 is 1.92 bits per heavy atom. The van der Waals surface area contributed by atoms with Crippen molar-refractivity contribution in [2.75, 3.05) is 6.61 Å². The summed E-state index contributed by atoms with van der Waals surface area (Å²) in [5.41, 5.74) is -16.7. The van der Waals surface area contributed by atoms with E-state index in [1.807, 2.05) is 0 Å². The van der Waals surface area contributed by atoms with Crippen LogP contribution in [-0.2, 0) is 9.47 Å². The normalized spacial score (nSPS) is 58.5. The molecular formula is C25H35NO10. The van der Waals surface area contributed by atoms with Gasteiger partial charge in [0.05, 0.1) is 23.5 Å². The second-order valence-electron chi connectivity index (χ2n) is 12.3. The third-order valence-corrected chi connectivity index (χ3v) is 11.3. The molecule has 4 aliphatic carbocycles. The molecule has 1 aromatic heterocycles. The molecule has 0 unspecified atom stereocenters. The van der Waals surface area contributed by atoms with Crippen LogP contribution in [0, 0.1) is 22.7 Å². The predicted octanol–water partition coefficient (Wildman–Crippen LogP) is -1.22. The number of nitrogens with one attached hydrogen (secondary N) is 1. The average Bonchev–Trinajstić information content (AvgIpc) is 3.45. The number of aromatic amines is 1. The van der Waals surface area contributed by atoms with Crippen LogP contribution in [0.2, 0.25) is 0 Å². The maximum atomic E-state index is 13.2. The Labute approximate surface area is 207 Å². The number of aliphatic hydroxyl groups excluding tert-OH is 2. The largest absolute Gasteiger partial charge is 0.451 e. The second kappa shape index (κ2) is 6.35. The first kappa shape index (κ1) is 24.7. The molecule has 1 aromatic rings. The van der Waals surface area contributed by atoms with Gasteiger partial charge in [0.2, 0.25) is 0 Å². The zero-order chi connectivity index (χ0) is 26.5. The molecule has 0 aromatic carbocycles. The van der Waals surface area contributed by atoms with Gasteiger partial charge in [-0.2, -0.15) is 0 Å². The van der Waals surface area contributed by atoms with Crippen LogP contribution in [0.4, 0.5) is 0 Å². The number of esters is 1. The van der Waals surface area contributed by atoms with E-state index in [-0.39, 0.29) is 18.5 Å². The number of aromatic nitrogens is 1. The standard InChI is InChI=1S/C25H35NO10/c1-12(2)22(32)17(35-16(29)14-6-5-9-26-14)23(33)19(11-27)10-21(31)18(22,4)25(23,34)24(36-21)15(28)13(3)7-8-20(19,24)30/h5-6,9,12-13,15,17,26-28,30-34H,7-8,10-11H2,1-4H3/t13-,15+,17+,18-,19+,20-,21+,22+,23+,24+,25+/m0/s1. The Balaban J connectivity index is 1.71. The maximum absolute atomic E-state index is 13.2. The van der Waals surface area contributed by atoms with Crippen molar-refractivity contribution in [1.29, 1.82) is 0 Å². The SMILES string of the molecule is CC(C)[C@@]1(O)[C@@H](OC(=O)c2ccc[nH]2)[C@@]2(O)[C@@]3(CO)C[C@@]4(O)O[C@@]5([C@H](O)[C@@H](C)CC[C@]35O)[C@@]2(O)[C@@]41C. The quantitative estimate of drug-likeness (QED) is 0.228. The molecule has 1 spiro atoms. The molecule has 4 saturated carbocycles. The smallest absolute Gasteiger partial charge is 0.355 e. The summed E-state index contributed by atoms with van der Waals surface area (Å²) in [7, 11) is 0. The summed E-state index contributed by atoms with van der Waals surface area (Å²) in [5.74, 6) is -4.74. The fourth-order valence-electron chi connectivity index (χ4n) is 9.62. The van der Waals surface area contributed by atoms with Crippen molar-refractivity contribution in [2.24, 2.45) is 22.7 Å². The summed E-state index contributed by atoms with van der Waals surface area (Å²) >= 11 is 0. The van der Waals surface area contributed by atoms with E-state index >= 15 is 0 Å². The summed E-state index contributed by atoms with van der Waals surface area (Å²) in [6.45, 7) is 5.23. The van der Waals surface area contributed by atoms with E-state index in [2.05, 4.69) is 4.98 Å². The van der Waals surface area contributed by atoms with Crippen LogP contribution in [0.25, 0.3) is 0 Å². The van der Waals surface area contributed by atoms with Gasteiger partial charge in [-0.1, -0.05) is 20.8 Å². The molecule has 36 heavy (non-hydrogen) atoms. The van der Waals surface area contributed by atoms with Crippen molar-refractivity contribution < 1.29 is 50.0 Å². The number of H-pyrrole nitrogens is 1. The van der Waals surface area contributed by atoms with Gasteiger partial charge in [0, 0.05) is 12.6 Å². The Kier molecular flexibility index (Phi) is 4.36. The zero-order valence-corrected chi connectivity index (χ0v) is 20.7. The minimum atomic E-state index is -2.74. The molecule has 2 aliphatic heterocycles. The molecule has 11 heteroatoms. The molecule has 8 N–H and O–H groups in total. The summed E-state index contributed by atoms with van der Waals surface area (Å²) in [4.78, 5) is 15.9. The zero-order valence-electron chi connectivity index (χ0n) is 20.7. The minimum Gasteiger partial charge on any atom is -0.451 e. The highest BCUT2D eigenvalue weighted by molar-refractivity contribution is 5.87. The van der Waals surface area contributed by atoms with Crippen LogP contribution in [0.15, 0.2) is 18.3 Å². The van der Waals surface area contributed by atoms with E-state index < -0.39 is 87.7 Å². The molecule has 3 heterocycles. The highest BCUT2D eigenvalue weighted by atomic mass is 16.7. The molecule has 11 nitrogen and oxygen atoms in total. The first-order chi connectivity index (χ1) is 16.6. The molecule has 2 saturated heterocycles. The van der Waals surface area contributed by atoms with Crippen LogP contribution in [0.1, 0.15) is 57.4 Å². The second-order valence-corrected chi connectivity index (χ2v) is 12.3. The van der Waals surface area contributed by atoms with Gasteiger partial charge in [-0.15, -0.1) is 0 Å². The van der Waals surface area contributed by atoms with Crippen molar-refractivity contribution in [3.05, 3.63) is 24.0 Å². The highest BCUT2D eigenvalue weighted by Crippen LogP contribution is 2.90. The number of rotatable bonds is 4. The first-order valence-corrected chi connectivity index (χ1v) is 12.5. The lowest BCUT2D eigenvalue weighted by Gasteiger charge is -2.61. The molecular weight excluding hydrogens is 474 g/mol. The van der Waals surface area contributed by atoms with E-state index in [0.717, 1.165) is 0 Å². The van der Waals surface area contributed by atoms with Crippen LogP contribution in [0.3, 0.4) is 0 Å². The Morgan fingerprint density at radius 1 is 1.25 bits per heavy atom. The molecule has 200 valence electrons. The molecule has 7 rings (SSSR count). The van der Waals surface area contributed by atoms with Crippen molar-refractivity contribution in [3.8, 4) is 0 Å². The molecule has 6 bridgehead atoms. The van der Waals surface area contributed by atoms with Crippen LogP contribution in [-0.4, -0.2) is 99.3 Å². The molecule has 0 amide bonds. The summed E-state index contributed by atoms with van der Waals surface area (Å²) in [5, 5.41) is 85.0. The van der Waals surface area contributed by atoms with Gasteiger partial charge in [-0.25, -0.2) is 4.79 Å². The van der Waals surface area contributed by atoms with E-state index in [0.29, 0.717) is 0 Å². The van der Waals surface area contributed by atoms with E-state index in [1.165, 1.54) is 19.2 Å². The molecule has 6 aliphatic rings. The van der Waals surface area contributed by atoms with Crippen molar-refractivity contribution in [3.63, 3.8) is 0 Å². The number of carbonyl (C=O) groups excluding carboxylic acids is 1. The van der Waals surface area contributed by atoms with Crippen LogP contribution >= 0.6 is 0 Å². The average molecular weight is 510 g/mol. The van der Waals surface area contributed by atoms with Crippen molar-refractivity contribution in [2.45, 2.75) is 93.0 Å². The van der Waals surface area contributed by atoms with Crippen molar-refractivity contribution >= 4 is 5.97 Å². The van der Waals surface area contributed by atoms with Crippen molar-refractivity contribution in [1.82, 2.24) is 4.98 Å². The Hall–Kier alpha value is -1.57. The fraction of sp³-hybridized carbons (Fsp3) is 0.800. The van der Waals surface area contributed by atoms with E-state index in [1.54, 1.807) is 26.8 Å². The Bertz CT molecular complexity index is 1140. The third kappa shape index (κ3) is 1.77. The van der Waals surface area contributed by atoms with Gasteiger partial charge >= 0.3 is 5.97 Å². The predicted molar refractivity (Wildman–Crippen MR) is 120 cm³/mol. The van der Waals surface area contributed by atoms with Gasteiger partial charge < -0.3 is 50.2 Å². The monoisotopic (exact) mass is 509 g/mol. The van der Waals surface area contributed by atoms with Crippen LogP contribution in [0.5, 0.6) is 0 Å². The summed E-state index contributed by atoms with van der Waals surface area (Å²) in [6.07, 6.45) is -2.41. The minimum absolute atomic E-state index is 0.0109. The Morgan fingerprint density at radius 3 is 2.47 bits per heavy atom. The number of carbonyl (C=O) groups is 1. The number of hydrogen-bond donors (Lipinski definition) is 8. The lowest BCUT2D eigenvalue weighted by Crippen LogP contribution is -2.75. The fourth-order valence-corrected chi connectivity index (χ4v) is 9.62. The summed E-state index contributed by atoms with van der Waals surface area (Å²) in [6, 6.07) is 2.99. The van der Waals surface area contributed by atoms with Gasteiger partial charge in [0.25, 0.3) is 0 Å². The third-order valence-electron chi connectivity index (χ3n) is 11.3.